The summed E-state index contributed by atoms with van der Waals surface area (Å²) in [5.41, 5.74) is 0.599. The van der Waals surface area contributed by atoms with Crippen LogP contribution in [0.25, 0.3) is 0 Å². The second-order valence-electron chi connectivity index (χ2n) is 8.29. The first-order valence-corrected chi connectivity index (χ1v) is 8.76. The van der Waals surface area contributed by atoms with Gasteiger partial charge in [0.15, 0.2) is 5.78 Å². The Morgan fingerprint density at radius 2 is 1.80 bits per heavy atom. The lowest BCUT2D eigenvalue weighted by Crippen LogP contribution is -2.31. The standard InChI is InChI=1S/C20H28FN3O/c1-19(2,3)18(25)17(24-14-22-13-23-24)7-6-12-20(4,5)15-8-10-16(21)11-9-15/h8-11,13-14,17H,6-7,12H2,1-5H3. The fourth-order valence-corrected chi connectivity index (χ4v) is 3.04. The van der Waals surface area contributed by atoms with Crippen molar-refractivity contribution in [1.29, 1.82) is 0 Å². The second kappa shape index (κ2) is 7.46. The maximum atomic E-state index is 13.1. The summed E-state index contributed by atoms with van der Waals surface area (Å²) in [5.74, 6) is -0.0563. The van der Waals surface area contributed by atoms with Gasteiger partial charge in [-0.2, -0.15) is 5.10 Å². The number of carbonyl (C=O) groups excluding carboxylic acids is 1. The summed E-state index contributed by atoms with van der Waals surface area (Å²) in [4.78, 5) is 16.8. The average molecular weight is 345 g/mol. The summed E-state index contributed by atoms with van der Waals surface area (Å²) in [6.45, 7) is 10.1. The number of halogens is 1. The zero-order chi connectivity index (χ0) is 18.7. The Morgan fingerprint density at radius 3 is 2.32 bits per heavy atom. The Kier molecular flexibility index (Phi) is 5.76. The maximum absolute atomic E-state index is 13.1. The van der Waals surface area contributed by atoms with Gasteiger partial charge in [-0.25, -0.2) is 14.1 Å². The molecule has 0 fully saturated rings. The molecular weight excluding hydrogens is 317 g/mol. The number of benzene rings is 1. The topological polar surface area (TPSA) is 47.8 Å². The molecule has 1 aromatic carbocycles. The van der Waals surface area contributed by atoms with Crippen molar-refractivity contribution < 1.29 is 9.18 Å². The lowest BCUT2D eigenvalue weighted by atomic mass is 9.78. The van der Waals surface area contributed by atoms with Crippen LogP contribution >= 0.6 is 0 Å². The van der Waals surface area contributed by atoms with Crippen molar-refractivity contribution in [3.8, 4) is 0 Å². The van der Waals surface area contributed by atoms with E-state index in [1.165, 1.54) is 18.5 Å². The third-order valence-electron chi connectivity index (χ3n) is 4.70. The number of hydrogen-bond donors (Lipinski definition) is 0. The van der Waals surface area contributed by atoms with Crippen molar-refractivity contribution in [3.63, 3.8) is 0 Å². The van der Waals surface area contributed by atoms with Gasteiger partial charge in [-0.15, -0.1) is 0 Å². The first-order chi connectivity index (χ1) is 11.6. The van der Waals surface area contributed by atoms with Crippen LogP contribution in [0, 0.1) is 11.2 Å². The zero-order valence-corrected chi connectivity index (χ0v) is 15.8. The highest BCUT2D eigenvalue weighted by Gasteiger charge is 2.31. The van der Waals surface area contributed by atoms with Crippen LogP contribution in [0.4, 0.5) is 4.39 Å². The van der Waals surface area contributed by atoms with Gasteiger partial charge in [0.05, 0.1) is 0 Å². The van der Waals surface area contributed by atoms with Gasteiger partial charge in [-0.3, -0.25) is 4.79 Å². The van der Waals surface area contributed by atoms with Crippen LogP contribution < -0.4 is 0 Å². The van der Waals surface area contributed by atoms with Crippen LogP contribution in [-0.2, 0) is 10.2 Å². The van der Waals surface area contributed by atoms with E-state index in [4.69, 9.17) is 0 Å². The normalized spacial score (nSPS) is 13.7. The molecule has 0 bridgehead atoms. The van der Waals surface area contributed by atoms with Gasteiger partial charge >= 0.3 is 0 Å². The molecule has 2 rings (SSSR count). The predicted octanol–water partition coefficient (Wildman–Crippen LogP) is 4.72. The first kappa shape index (κ1) is 19.3. The smallest absolute Gasteiger partial charge is 0.162 e. The number of aromatic nitrogens is 3. The van der Waals surface area contributed by atoms with Gasteiger partial charge in [0.1, 0.15) is 24.5 Å². The lowest BCUT2D eigenvalue weighted by Gasteiger charge is -2.28. The van der Waals surface area contributed by atoms with Crippen molar-refractivity contribution in [2.24, 2.45) is 5.41 Å². The highest BCUT2D eigenvalue weighted by molar-refractivity contribution is 5.87. The van der Waals surface area contributed by atoms with Crippen LogP contribution in [0.1, 0.15) is 65.5 Å². The van der Waals surface area contributed by atoms with Gasteiger partial charge < -0.3 is 0 Å². The second-order valence-corrected chi connectivity index (χ2v) is 8.29. The number of hydrogen-bond acceptors (Lipinski definition) is 3. The van der Waals surface area contributed by atoms with E-state index in [2.05, 4.69) is 23.9 Å². The van der Waals surface area contributed by atoms with Crippen LogP contribution in [-0.4, -0.2) is 20.5 Å². The molecule has 1 heterocycles. The van der Waals surface area contributed by atoms with E-state index in [9.17, 15) is 9.18 Å². The fraction of sp³-hybridized carbons (Fsp3) is 0.550. The summed E-state index contributed by atoms with van der Waals surface area (Å²) < 4.78 is 14.8. The van der Waals surface area contributed by atoms with Crippen LogP contribution in [0.3, 0.4) is 0 Å². The molecule has 1 atom stereocenters. The lowest BCUT2D eigenvalue weighted by molar-refractivity contribution is -0.130. The molecule has 1 unspecified atom stereocenters. The molecule has 0 aliphatic heterocycles. The Labute approximate surface area is 149 Å². The van der Waals surface area contributed by atoms with Crippen LogP contribution in [0.2, 0.25) is 0 Å². The highest BCUT2D eigenvalue weighted by atomic mass is 19.1. The van der Waals surface area contributed by atoms with Crippen LogP contribution in [0.15, 0.2) is 36.9 Å². The van der Waals surface area contributed by atoms with E-state index < -0.39 is 5.41 Å². The number of ketones is 1. The molecule has 0 aliphatic rings. The third kappa shape index (κ3) is 4.97. The molecule has 0 aliphatic carbocycles. The van der Waals surface area contributed by atoms with E-state index in [1.807, 2.05) is 32.9 Å². The van der Waals surface area contributed by atoms with E-state index in [-0.39, 0.29) is 23.1 Å². The molecule has 0 N–H and O–H groups in total. The zero-order valence-electron chi connectivity index (χ0n) is 15.8. The Balaban J connectivity index is 2.05. The summed E-state index contributed by atoms with van der Waals surface area (Å²) in [7, 11) is 0. The van der Waals surface area contributed by atoms with Crippen LogP contribution in [0.5, 0.6) is 0 Å². The van der Waals surface area contributed by atoms with Crippen molar-refractivity contribution in [3.05, 3.63) is 48.3 Å². The van der Waals surface area contributed by atoms with E-state index >= 15 is 0 Å². The molecule has 0 saturated heterocycles. The van der Waals surface area contributed by atoms with Crippen molar-refractivity contribution in [1.82, 2.24) is 14.8 Å². The quantitative estimate of drug-likeness (QED) is 0.729. The predicted molar refractivity (Wildman–Crippen MR) is 96.8 cm³/mol. The average Bonchev–Trinajstić information content (AvgIpc) is 3.04. The van der Waals surface area contributed by atoms with Gasteiger partial charge in [-0.1, -0.05) is 46.8 Å². The van der Waals surface area contributed by atoms with E-state index in [1.54, 1.807) is 11.0 Å². The van der Waals surface area contributed by atoms with E-state index in [0.29, 0.717) is 6.42 Å². The molecule has 4 nitrogen and oxygen atoms in total. The van der Waals surface area contributed by atoms with Gasteiger partial charge in [0, 0.05) is 5.41 Å². The Bertz CT molecular complexity index is 685. The summed E-state index contributed by atoms with van der Waals surface area (Å²) >= 11 is 0. The van der Waals surface area contributed by atoms with Crippen molar-refractivity contribution in [2.45, 2.75) is 65.3 Å². The Hall–Kier alpha value is -2.04. The van der Waals surface area contributed by atoms with Gasteiger partial charge in [-0.05, 0) is 42.4 Å². The number of carbonyl (C=O) groups is 1. The summed E-state index contributed by atoms with van der Waals surface area (Å²) in [6.07, 6.45) is 5.56. The first-order valence-electron chi connectivity index (χ1n) is 8.76. The molecule has 0 amide bonds. The van der Waals surface area contributed by atoms with Crippen molar-refractivity contribution in [2.75, 3.05) is 0 Å². The summed E-state index contributed by atoms with van der Waals surface area (Å²) in [5, 5.41) is 4.18. The summed E-state index contributed by atoms with van der Waals surface area (Å²) in [6, 6.07) is 6.37. The molecule has 1 aromatic heterocycles. The minimum absolute atomic E-state index is 0.0780. The maximum Gasteiger partial charge on any atom is 0.162 e. The van der Waals surface area contributed by atoms with Gasteiger partial charge in [0.2, 0.25) is 0 Å². The monoisotopic (exact) mass is 345 g/mol. The molecular formula is C20H28FN3O. The number of Topliss-reactive ketones (excluding diaryl/α,β-unsaturated/α-hetero) is 1. The molecule has 0 spiro atoms. The largest absolute Gasteiger partial charge is 0.297 e. The molecule has 0 radical (unpaired) electrons. The molecule has 136 valence electrons. The number of rotatable bonds is 7. The molecule has 5 heteroatoms. The Morgan fingerprint density at radius 1 is 1.16 bits per heavy atom. The minimum atomic E-state index is -0.427. The van der Waals surface area contributed by atoms with Crippen molar-refractivity contribution >= 4 is 5.78 Å². The number of nitrogens with zero attached hydrogens (tertiary/aromatic N) is 3. The van der Waals surface area contributed by atoms with Gasteiger partial charge in [0.25, 0.3) is 0 Å². The highest BCUT2D eigenvalue weighted by Crippen LogP contribution is 2.32. The SMILES string of the molecule is CC(C)(C)C(=O)C(CCCC(C)(C)c1ccc(F)cc1)n1cncn1. The minimum Gasteiger partial charge on any atom is -0.297 e. The van der Waals surface area contributed by atoms with E-state index in [0.717, 1.165) is 18.4 Å². The molecule has 25 heavy (non-hydrogen) atoms. The molecule has 0 saturated carbocycles. The third-order valence-corrected chi connectivity index (χ3v) is 4.70. The molecule has 2 aromatic rings. The fourth-order valence-electron chi connectivity index (χ4n) is 3.04.